The Labute approximate surface area is 284 Å². The summed E-state index contributed by atoms with van der Waals surface area (Å²) in [5.74, 6) is 0. The lowest BCUT2D eigenvalue weighted by Gasteiger charge is -2.35. The van der Waals surface area contributed by atoms with Crippen molar-refractivity contribution in [2.24, 2.45) is 0 Å². The van der Waals surface area contributed by atoms with Crippen LogP contribution in [0.4, 0.5) is 0 Å². The van der Waals surface area contributed by atoms with Gasteiger partial charge in [0.1, 0.15) is 0 Å². The van der Waals surface area contributed by atoms with Gasteiger partial charge in [-0.15, -0.1) is 0 Å². The monoisotopic (exact) mass is 622 g/mol. The van der Waals surface area contributed by atoms with E-state index in [2.05, 4.69) is 175 Å². The molecule has 2 nitrogen and oxygen atoms in total. The van der Waals surface area contributed by atoms with Crippen molar-refractivity contribution >= 4 is 65.2 Å². The highest BCUT2D eigenvalue weighted by Crippen LogP contribution is 2.53. The Morgan fingerprint density at radius 2 is 1.31 bits per heavy atom. The molecular weight excluding hydrogens is 593 g/mol. The molecule has 2 aromatic heterocycles. The second-order valence-electron chi connectivity index (χ2n) is 14.0. The van der Waals surface area contributed by atoms with Crippen LogP contribution in [-0.2, 0) is 5.41 Å². The molecule has 2 heteroatoms. The summed E-state index contributed by atoms with van der Waals surface area (Å²) in [7, 11) is 0. The summed E-state index contributed by atoms with van der Waals surface area (Å²) in [6.07, 6.45) is 0. The van der Waals surface area contributed by atoms with Crippen LogP contribution in [0.25, 0.3) is 87.7 Å². The standard InChI is InChI=1S/C47H30N2/c1-47(2)38-20-10-8-19-35(38)45-43-30(14-12-21-39(43)47)27-42-44(45)36-25-23-29-13-6-7-17-33(29)46(36)49(42)32-24-26-41-37(28-32)34-18-9-11-22-40(34)48(41)31-15-4-3-5-16-31/h3-8,10-17,19-28H,1-2H3. The molecule has 1 aliphatic carbocycles. The molecule has 0 fully saturated rings. The molecule has 0 aliphatic heterocycles. The van der Waals surface area contributed by atoms with E-state index in [4.69, 9.17) is 0 Å². The van der Waals surface area contributed by atoms with E-state index in [1.165, 1.54) is 71.0 Å². The minimum Gasteiger partial charge on any atom is -0.309 e. The minimum atomic E-state index is -0.104. The first-order valence-electron chi connectivity index (χ1n) is 17.0. The second-order valence-corrected chi connectivity index (χ2v) is 14.0. The summed E-state index contributed by atoms with van der Waals surface area (Å²) in [5.41, 5.74) is 12.4. The van der Waals surface area contributed by atoms with Gasteiger partial charge in [-0.2, -0.15) is 0 Å². The van der Waals surface area contributed by atoms with E-state index in [0.29, 0.717) is 0 Å². The molecule has 0 radical (unpaired) electrons. The maximum Gasteiger partial charge on any atom is 0.0631 e. The van der Waals surface area contributed by atoms with Gasteiger partial charge < -0.3 is 9.13 Å². The van der Waals surface area contributed by atoms with Crippen LogP contribution in [0.3, 0.4) is 0 Å². The summed E-state index contributed by atoms with van der Waals surface area (Å²) in [6, 6.07) is 60.3. The maximum absolute atomic E-state index is 3.48. The largest absolute Gasteiger partial charge is 0.309 e. The lowest BCUT2D eigenvalue weighted by molar-refractivity contribution is 0.645. The molecule has 11 rings (SSSR count). The SMILES string of the molecule is CC1(C)c2ccccc2-c2c3c1cccc3cc1c2c2ccc3ccccc3c2n1-c1ccc2c(c1)c1c#cccc1n2-c1ccccc1. The molecule has 0 amide bonds. The topological polar surface area (TPSA) is 9.86 Å². The van der Waals surface area contributed by atoms with Crippen molar-refractivity contribution in [3.63, 3.8) is 0 Å². The molecule has 0 atom stereocenters. The van der Waals surface area contributed by atoms with Crippen LogP contribution in [0.1, 0.15) is 25.0 Å². The Bertz CT molecular complexity index is 3010. The first-order chi connectivity index (χ1) is 24.1. The third kappa shape index (κ3) is 3.42. The fourth-order valence-corrected chi connectivity index (χ4v) is 8.98. The van der Waals surface area contributed by atoms with Crippen LogP contribution in [0, 0.1) is 12.1 Å². The molecule has 49 heavy (non-hydrogen) atoms. The Kier molecular flexibility index (Phi) is 5.13. The zero-order valence-corrected chi connectivity index (χ0v) is 27.3. The van der Waals surface area contributed by atoms with Crippen molar-refractivity contribution < 1.29 is 0 Å². The second kappa shape index (κ2) is 9.41. The molecule has 0 unspecified atom stereocenters. The van der Waals surface area contributed by atoms with E-state index < -0.39 is 0 Å². The molecule has 0 saturated heterocycles. The predicted molar refractivity (Wildman–Crippen MR) is 205 cm³/mol. The van der Waals surface area contributed by atoms with Crippen molar-refractivity contribution in [1.29, 1.82) is 0 Å². The average molecular weight is 623 g/mol. The van der Waals surface area contributed by atoms with Gasteiger partial charge in [0.15, 0.2) is 0 Å². The number of hydrogen-bond donors (Lipinski definition) is 0. The smallest absolute Gasteiger partial charge is 0.0631 e. The number of para-hydroxylation sites is 1. The summed E-state index contributed by atoms with van der Waals surface area (Å²) in [6.45, 7) is 4.75. The summed E-state index contributed by atoms with van der Waals surface area (Å²) in [5, 5.41) is 9.98. The number of rotatable bonds is 2. The van der Waals surface area contributed by atoms with E-state index in [0.717, 1.165) is 27.8 Å². The van der Waals surface area contributed by atoms with E-state index in [1.54, 1.807) is 0 Å². The van der Waals surface area contributed by atoms with Gasteiger partial charge >= 0.3 is 0 Å². The third-order valence-corrected chi connectivity index (χ3v) is 11.1. The molecule has 0 saturated carbocycles. The lowest BCUT2D eigenvalue weighted by Crippen LogP contribution is -2.23. The quantitative estimate of drug-likeness (QED) is 0.182. The van der Waals surface area contributed by atoms with Gasteiger partial charge in [-0.05, 0) is 81.4 Å². The maximum atomic E-state index is 3.48. The first-order valence-corrected chi connectivity index (χ1v) is 17.0. The lowest BCUT2D eigenvalue weighted by atomic mass is 9.68. The van der Waals surface area contributed by atoms with Crippen molar-refractivity contribution in [3.8, 4) is 22.5 Å². The number of hydrogen-bond acceptors (Lipinski definition) is 0. The van der Waals surface area contributed by atoms with Gasteiger partial charge in [-0.25, -0.2) is 0 Å². The van der Waals surface area contributed by atoms with Crippen LogP contribution >= 0.6 is 0 Å². The van der Waals surface area contributed by atoms with Crippen LogP contribution < -0.4 is 0 Å². The molecule has 2 heterocycles. The number of fused-ring (bicyclic) bond motifs is 11. The molecular formula is C47H30N2. The number of benzene rings is 7. The molecule has 0 bridgehead atoms. The fraction of sp³-hybridized carbons (Fsp3) is 0.0638. The Balaban J connectivity index is 1.34. The van der Waals surface area contributed by atoms with Gasteiger partial charge in [-0.3, -0.25) is 0 Å². The predicted octanol–water partition coefficient (Wildman–Crippen LogP) is 12.1. The highest BCUT2D eigenvalue weighted by atomic mass is 15.0. The number of aromatic nitrogens is 2. The minimum absolute atomic E-state index is 0.104. The van der Waals surface area contributed by atoms with E-state index in [-0.39, 0.29) is 5.41 Å². The molecule has 1 aliphatic rings. The third-order valence-electron chi connectivity index (χ3n) is 11.1. The molecule has 228 valence electrons. The van der Waals surface area contributed by atoms with E-state index >= 15 is 0 Å². The molecule has 10 aromatic rings. The molecule has 0 N–H and O–H groups in total. The highest BCUT2D eigenvalue weighted by molar-refractivity contribution is 6.28. The van der Waals surface area contributed by atoms with Gasteiger partial charge in [-0.1, -0.05) is 123 Å². The van der Waals surface area contributed by atoms with Gasteiger partial charge in [0.2, 0.25) is 0 Å². The fourth-order valence-electron chi connectivity index (χ4n) is 8.98. The molecule has 0 spiro atoms. The van der Waals surface area contributed by atoms with Crippen LogP contribution in [0.5, 0.6) is 0 Å². The average Bonchev–Trinajstić information content (AvgIpc) is 3.66. The normalized spacial score (nSPS) is 13.5. The van der Waals surface area contributed by atoms with Gasteiger partial charge in [0.25, 0.3) is 0 Å². The molecule has 8 aromatic carbocycles. The summed E-state index contributed by atoms with van der Waals surface area (Å²) in [4.78, 5) is 0. The Morgan fingerprint density at radius 3 is 2.22 bits per heavy atom. The van der Waals surface area contributed by atoms with Crippen molar-refractivity contribution in [2.75, 3.05) is 0 Å². The first kappa shape index (κ1) is 26.7. The Morgan fingerprint density at radius 1 is 0.510 bits per heavy atom. The van der Waals surface area contributed by atoms with Gasteiger partial charge in [0.05, 0.1) is 27.5 Å². The van der Waals surface area contributed by atoms with Crippen LogP contribution in [-0.4, -0.2) is 9.13 Å². The van der Waals surface area contributed by atoms with Crippen LogP contribution in [0.2, 0.25) is 0 Å². The zero-order chi connectivity index (χ0) is 32.4. The highest BCUT2D eigenvalue weighted by Gasteiger charge is 2.35. The van der Waals surface area contributed by atoms with E-state index in [9.17, 15) is 0 Å². The number of nitrogens with zero attached hydrogens (tertiary/aromatic N) is 2. The van der Waals surface area contributed by atoms with Crippen LogP contribution in [0.15, 0.2) is 146 Å². The van der Waals surface area contributed by atoms with Crippen molar-refractivity contribution in [2.45, 2.75) is 19.3 Å². The summed E-state index contributed by atoms with van der Waals surface area (Å²) >= 11 is 0. The van der Waals surface area contributed by atoms with Gasteiger partial charge in [0, 0.05) is 43.9 Å². The van der Waals surface area contributed by atoms with Crippen molar-refractivity contribution in [3.05, 3.63) is 169 Å². The van der Waals surface area contributed by atoms with Crippen molar-refractivity contribution in [1.82, 2.24) is 9.13 Å². The summed E-state index contributed by atoms with van der Waals surface area (Å²) < 4.78 is 4.87. The van der Waals surface area contributed by atoms with E-state index in [1.807, 2.05) is 6.07 Å². The zero-order valence-electron chi connectivity index (χ0n) is 27.3. The Hall–Kier alpha value is -6.30.